The van der Waals surface area contributed by atoms with Gasteiger partial charge in [-0.15, -0.1) is 0 Å². The van der Waals surface area contributed by atoms with Gasteiger partial charge in [0.05, 0.1) is 0 Å². The third kappa shape index (κ3) is 17.1. The zero-order valence-electron chi connectivity index (χ0n) is 29.0. The topological polar surface area (TPSA) is 34.2 Å². The summed E-state index contributed by atoms with van der Waals surface area (Å²) >= 11 is 0. The quantitative estimate of drug-likeness (QED) is 0.123. The SMILES string of the molecule is CCCCCCCCCCN(CC)C1CCCOCCCC(N(CC)CCCCCCCCCC)Oc2ccccc2O1. The molecule has 5 heteroatoms. The normalized spacial score (nSPS) is 18.4. The van der Waals surface area contributed by atoms with Crippen LogP contribution in [0.15, 0.2) is 24.3 Å². The average Bonchev–Trinajstić information content (AvgIpc) is 3.04. The van der Waals surface area contributed by atoms with E-state index in [1.807, 2.05) is 0 Å². The van der Waals surface area contributed by atoms with Gasteiger partial charge in [-0.05, 0) is 50.9 Å². The van der Waals surface area contributed by atoms with Crippen molar-refractivity contribution in [2.45, 2.75) is 169 Å². The average molecular weight is 603 g/mol. The Morgan fingerprint density at radius 3 is 1.28 bits per heavy atom. The first-order chi connectivity index (χ1) is 21.2. The Morgan fingerprint density at radius 1 is 0.535 bits per heavy atom. The molecule has 0 bridgehead atoms. The fourth-order valence-electron chi connectivity index (χ4n) is 6.30. The molecule has 0 fully saturated rings. The third-order valence-electron chi connectivity index (χ3n) is 9.08. The molecule has 5 nitrogen and oxygen atoms in total. The minimum Gasteiger partial charge on any atom is -0.471 e. The van der Waals surface area contributed by atoms with Crippen LogP contribution in [0.25, 0.3) is 0 Å². The highest BCUT2D eigenvalue weighted by Crippen LogP contribution is 2.31. The van der Waals surface area contributed by atoms with Crippen LogP contribution < -0.4 is 9.47 Å². The maximum Gasteiger partial charge on any atom is 0.163 e. The van der Waals surface area contributed by atoms with E-state index in [1.54, 1.807) is 0 Å². The van der Waals surface area contributed by atoms with Crippen molar-refractivity contribution in [3.8, 4) is 11.5 Å². The van der Waals surface area contributed by atoms with Crippen molar-refractivity contribution in [3.05, 3.63) is 24.3 Å². The molecule has 0 aliphatic carbocycles. The lowest BCUT2D eigenvalue weighted by Crippen LogP contribution is -2.41. The molecule has 2 unspecified atom stereocenters. The van der Waals surface area contributed by atoms with E-state index in [9.17, 15) is 0 Å². The van der Waals surface area contributed by atoms with E-state index in [4.69, 9.17) is 14.2 Å². The molecular formula is C38H70N2O3. The van der Waals surface area contributed by atoms with Crippen LogP contribution >= 0.6 is 0 Å². The lowest BCUT2D eigenvalue weighted by Gasteiger charge is -2.33. The summed E-state index contributed by atoms with van der Waals surface area (Å²) in [6, 6.07) is 8.38. The maximum atomic E-state index is 6.83. The van der Waals surface area contributed by atoms with Gasteiger partial charge < -0.3 is 14.2 Å². The number of benzene rings is 1. The zero-order chi connectivity index (χ0) is 30.8. The van der Waals surface area contributed by atoms with Gasteiger partial charge >= 0.3 is 0 Å². The van der Waals surface area contributed by atoms with Crippen LogP contribution in [0.4, 0.5) is 0 Å². The Morgan fingerprint density at radius 2 is 0.907 bits per heavy atom. The van der Waals surface area contributed by atoms with Gasteiger partial charge in [0.15, 0.2) is 24.0 Å². The first kappa shape index (κ1) is 37.9. The molecule has 1 aromatic carbocycles. The van der Waals surface area contributed by atoms with Gasteiger partial charge in [-0.1, -0.05) is 130 Å². The number of hydrogen-bond donors (Lipinski definition) is 0. The van der Waals surface area contributed by atoms with Gasteiger partial charge in [0, 0.05) is 39.1 Å². The fraction of sp³-hybridized carbons (Fsp3) is 0.842. The molecule has 2 atom stereocenters. The number of hydrogen-bond acceptors (Lipinski definition) is 5. The second-order valence-electron chi connectivity index (χ2n) is 12.7. The van der Waals surface area contributed by atoms with Gasteiger partial charge in [0.25, 0.3) is 0 Å². The van der Waals surface area contributed by atoms with Crippen molar-refractivity contribution >= 4 is 0 Å². The van der Waals surface area contributed by atoms with Gasteiger partial charge in [-0.2, -0.15) is 0 Å². The lowest BCUT2D eigenvalue weighted by atomic mass is 10.1. The molecule has 0 amide bonds. The van der Waals surface area contributed by atoms with E-state index in [2.05, 4.69) is 61.8 Å². The second kappa shape index (κ2) is 26.0. The summed E-state index contributed by atoms with van der Waals surface area (Å²) in [6.07, 6.45) is 25.6. The van der Waals surface area contributed by atoms with E-state index >= 15 is 0 Å². The summed E-state index contributed by atoms with van der Waals surface area (Å²) < 4.78 is 19.8. The van der Waals surface area contributed by atoms with Crippen LogP contribution in [0.3, 0.4) is 0 Å². The van der Waals surface area contributed by atoms with Crippen LogP contribution in [0, 0.1) is 0 Å². The standard InChI is InChI=1S/C38H70N2O3/c1-5-9-11-13-15-17-19-23-31-39(7-3)37-29-25-33-41-34-26-30-38(43-36-28-22-21-27-35(36)42-37)40(8-4)32-24-20-18-16-14-12-10-6-2/h21-22,27-28,37-38H,5-20,23-26,29-34H2,1-4H3. The summed E-state index contributed by atoms with van der Waals surface area (Å²) in [6.45, 7) is 14.9. The van der Waals surface area contributed by atoms with Crippen molar-refractivity contribution in [1.82, 2.24) is 9.80 Å². The number of rotatable bonds is 22. The Hall–Kier alpha value is -1.30. The molecule has 0 radical (unpaired) electrons. The summed E-state index contributed by atoms with van der Waals surface area (Å²) in [4.78, 5) is 5.07. The Kier molecular flexibility index (Phi) is 22.9. The molecule has 0 N–H and O–H groups in total. The van der Waals surface area contributed by atoms with Crippen molar-refractivity contribution in [3.63, 3.8) is 0 Å². The molecule has 0 saturated carbocycles. The fourth-order valence-corrected chi connectivity index (χ4v) is 6.30. The third-order valence-corrected chi connectivity index (χ3v) is 9.08. The van der Waals surface area contributed by atoms with Crippen molar-refractivity contribution in [2.24, 2.45) is 0 Å². The molecule has 1 aliphatic rings. The first-order valence-electron chi connectivity index (χ1n) is 18.7. The minimum atomic E-state index is 0.0433. The molecule has 1 aromatic rings. The van der Waals surface area contributed by atoms with E-state index in [0.717, 1.165) is 76.6 Å². The summed E-state index contributed by atoms with van der Waals surface area (Å²) in [7, 11) is 0. The van der Waals surface area contributed by atoms with Gasteiger partial charge in [-0.25, -0.2) is 0 Å². The van der Waals surface area contributed by atoms with Crippen LogP contribution in [0.1, 0.15) is 156 Å². The Bertz CT molecular complexity index is 699. The van der Waals surface area contributed by atoms with Crippen molar-refractivity contribution in [1.29, 1.82) is 0 Å². The second-order valence-corrected chi connectivity index (χ2v) is 12.7. The molecule has 0 saturated heterocycles. The van der Waals surface area contributed by atoms with E-state index in [0.29, 0.717) is 0 Å². The van der Waals surface area contributed by atoms with Crippen molar-refractivity contribution in [2.75, 3.05) is 39.4 Å². The predicted octanol–water partition coefficient (Wildman–Crippen LogP) is 10.6. The van der Waals surface area contributed by atoms with Gasteiger partial charge in [0.1, 0.15) is 0 Å². The number of unbranched alkanes of at least 4 members (excludes halogenated alkanes) is 14. The van der Waals surface area contributed by atoms with Crippen LogP contribution in [0.5, 0.6) is 11.5 Å². The monoisotopic (exact) mass is 603 g/mol. The molecule has 250 valence electrons. The van der Waals surface area contributed by atoms with Gasteiger partial charge in [0.2, 0.25) is 0 Å². The van der Waals surface area contributed by atoms with E-state index < -0.39 is 0 Å². The summed E-state index contributed by atoms with van der Waals surface area (Å²) in [5, 5.41) is 0. The highest BCUT2D eigenvalue weighted by molar-refractivity contribution is 5.39. The van der Waals surface area contributed by atoms with Crippen LogP contribution in [-0.2, 0) is 4.74 Å². The molecule has 1 heterocycles. The number of nitrogens with zero attached hydrogens (tertiary/aromatic N) is 2. The smallest absolute Gasteiger partial charge is 0.163 e. The highest BCUT2D eigenvalue weighted by Gasteiger charge is 2.24. The Labute approximate surface area is 267 Å². The van der Waals surface area contributed by atoms with Crippen LogP contribution in [0.2, 0.25) is 0 Å². The molecule has 43 heavy (non-hydrogen) atoms. The van der Waals surface area contributed by atoms with Crippen molar-refractivity contribution < 1.29 is 14.2 Å². The zero-order valence-corrected chi connectivity index (χ0v) is 29.0. The molecule has 0 aromatic heterocycles. The highest BCUT2D eigenvalue weighted by atomic mass is 16.5. The number of fused-ring (bicyclic) bond motifs is 1. The van der Waals surface area contributed by atoms with E-state index in [-0.39, 0.29) is 12.5 Å². The minimum absolute atomic E-state index is 0.0433. The number of para-hydroxylation sites is 2. The first-order valence-corrected chi connectivity index (χ1v) is 18.7. The molecule has 1 aliphatic heterocycles. The predicted molar refractivity (Wildman–Crippen MR) is 184 cm³/mol. The largest absolute Gasteiger partial charge is 0.471 e. The number of ether oxygens (including phenoxy) is 3. The Balaban J connectivity index is 1.99. The van der Waals surface area contributed by atoms with Crippen LogP contribution in [-0.4, -0.2) is 61.6 Å². The lowest BCUT2D eigenvalue weighted by molar-refractivity contribution is 0.00123. The molecule has 2 rings (SSSR count). The summed E-state index contributed by atoms with van der Waals surface area (Å²) in [5.41, 5.74) is 0. The molecule has 0 spiro atoms. The molecular weight excluding hydrogens is 532 g/mol. The van der Waals surface area contributed by atoms with E-state index in [1.165, 1.54) is 103 Å². The maximum absolute atomic E-state index is 6.83. The van der Waals surface area contributed by atoms with Gasteiger partial charge in [-0.3, -0.25) is 9.80 Å². The summed E-state index contributed by atoms with van der Waals surface area (Å²) in [5.74, 6) is 1.77.